The van der Waals surface area contributed by atoms with Gasteiger partial charge in [0, 0.05) is 43.9 Å². The highest BCUT2D eigenvalue weighted by atomic mass is 16.5. The molecule has 0 aliphatic carbocycles. The van der Waals surface area contributed by atoms with E-state index < -0.39 is 0 Å². The van der Waals surface area contributed by atoms with E-state index in [1.165, 1.54) is 0 Å². The van der Waals surface area contributed by atoms with E-state index in [0.29, 0.717) is 41.7 Å². The Hall–Kier alpha value is -3.16. The lowest BCUT2D eigenvalue weighted by atomic mass is 10.1. The first kappa shape index (κ1) is 22.0. The number of carbonyl (C=O) groups excluding carboxylic acids is 2. The van der Waals surface area contributed by atoms with E-state index >= 15 is 0 Å². The fraction of sp³-hybridized carbons (Fsp3) is 0.500. The zero-order chi connectivity index (χ0) is 22.7. The maximum absolute atomic E-state index is 13.0. The lowest BCUT2D eigenvalue weighted by Gasteiger charge is -2.18. The Morgan fingerprint density at radius 1 is 1.09 bits per heavy atom. The van der Waals surface area contributed by atoms with Crippen LogP contribution in [-0.4, -0.2) is 72.0 Å². The van der Waals surface area contributed by atoms with E-state index in [4.69, 9.17) is 9.47 Å². The minimum atomic E-state index is 0.0158. The number of likely N-dealkylation sites (tertiary alicyclic amines) is 2. The highest BCUT2D eigenvalue weighted by Crippen LogP contribution is 2.28. The maximum Gasteiger partial charge on any atom is 0.257 e. The molecule has 8 nitrogen and oxygen atoms in total. The zero-order valence-corrected chi connectivity index (χ0v) is 19.0. The van der Waals surface area contributed by atoms with Gasteiger partial charge in [0.25, 0.3) is 5.91 Å². The largest absolute Gasteiger partial charge is 0.497 e. The standard InChI is InChI=1S/C24H30N4O4/c1-16-20(24(30)27-9-4-5-10-27)14-25-23(26-16)17-8-11-28(15-17)22(29)13-18-12-19(31-2)6-7-21(18)32-3/h6-7,12,14,17H,4-5,8-11,13,15H2,1-3H3. The summed E-state index contributed by atoms with van der Waals surface area (Å²) in [5, 5.41) is 0. The molecule has 0 N–H and O–H groups in total. The average Bonchev–Trinajstić information content (AvgIpc) is 3.51. The summed E-state index contributed by atoms with van der Waals surface area (Å²) < 4.78 is 10.7. The van der Waals surface area contributed by atoms with Crippen LogP contribution < -0.4 is 9.47 Å². The van der Waals surface area contributed by atoms with Crippen LogP contribution >= 0.6 is 0 Å². The van der Waals surface area contributed by atoms with Gasteiger partial charge in [0.05, 0.1) is 31.9 Å². The molecule has 0 radical (unpaired) electrons. The summed E-state index contributed by atoms with van der Waals surface area (Å²) >= 11 is 0. The molecule has 0 spiro atoms. The van der Waals surface area contributed by atoms with Gasteiger partial charge in [-0.3, -0.25) is 9.59 Å². The van der Waals surface area contributed by atoms with Crippen LogP contribution in [0.25, 0.3) is 0 Å². The van der Waals surface area contributed by atoms with E-state index in [1.54, 1.807) is 20.4 Å². The quantitative estimate of drug-likeness (QED) is 0.689. The minimum absolute atomic E-state index is 0.0158. The van der Waals surface area contributed by atoms with Crippen molar-refractivity contribution in [1.82, 2.24) is 19.8 Å². The number of nitrogens with zero attached hydrogens (tertiary/aromatic N) is 4. The smallest absolute Gasteiger partial charge is 0.257 e. The molecule has 170 valence electrons. The first-order valence-corrected chi connectivity index (χ1v) is 11.1. The van der Waals surface area contributed by atoms with E-state index in [0.717, 1.165) is 37.9 Å². The number of methoxy groups -OCH3 is 2. The Labute approximate surface area is 188 Å². The van der Waals surface area contributed by atoms with Gasteiger partial charge in [0.2, 0.25) is 5.91 Å². The number of rotatable bonds is 6. The molecule has 1 unspecified atom stereocenters. The highest BCUT2D eigenvalue weighted by molar-refractivity contribution is 5.95. The fourth-order valence-electron chi connectivity index (χ4n) is 4.47. The predicted octanol–water partition coefficient (Wildman–Crippen LogP) is 2.60. The molecule has 1 atom stereocenters. The Bertz CT molecular complexity index is 1000. The van der Waals surface area contributed by atoms with Crippen LogP contribution in [0.4, 0.5) is 0 Å². The number of aromatic nitrogens is 2. The summed E-state index contributed by atoms with van der Waals surface area (Å²) in [7, 11) is 3.20. The monoisotopic (exact) mass is 438 g/mol. The van der Waals surface area contributed by atoms with Crippen LogP contribution in [0.15, 0.2) is 24.4 Å². The van der Waals surface area contributed by atoms with Gasteiger partial charge in [0.15, 0.2) is 0 Å². The maximum atomic E-state index is 13.0. The van der Waals surface area contributed by atoms with E-state index in [9.17, 15) is 9.59 Å². The summed E-state index contributed by atoms with van der Waals surface area (Å²) in [4.78, 5) is 38.5. The number of hydrogen-bond donors (Lipinski definition) is 0. The summed E-state index contributed by atoms with van der Waals surface area (Å²) in [5.74, 6) is 2.20. The van der Waals surface area contributed by atoms with E-state index in [-0.39, 0.29) is 24.2 Å². The van der Waals surface area contributed by atoms with Gasteiger partial charge >= 0.3 is 0 Å². The van der Waals surface area contributed by atoms with Crippen molar-refractivity contribution in [2.75, 3.05) is 40.4 Å². The van der Waals surface area contributed by atoms with Gasteiger partial charge in [-0.1, -0.05) is 0 Å². The van der Waals surface area contributed by atoms with Crippen LogP contribution in [0.3, 0.4) is 0 Å². The van der Waals surface area contributed by atoms with Crippen molar-refractivity contribution in [3.8, 4) is 11.5 Å². The van der Waals surface area contributed by atoms with Gasteiger partial charge in [0.1, 0.15) is 17.3 Å². The van der Waals surface area contributed by atoms with Crippen molar-refractivity contribution in [3.63, 3.8) is 0 Å². The molecule has 2 aliphatic rings. The Kier molecular flexibility index (Phi) is 6.58. The van der Waals surface area contributed by atoms with Crippen molar-refractivity contribution in [3.05, 3.63) is 47.0 Å². The number of benzene rings is 1. The molecular weight excluding hydrogens is 408 g/mol. The number of hydrogen-bond acceptors (Lipinski definition) is 6. The zero-order valence-electron chi connectivity index (χ0n) is 19.0. The van der Waals surface area contributed by atoms with Gasteiger partial charge in [-0.15, -0.1) is 0 Å². The van der Waals surface area contributed by atoms with Crippen LogP contribution in [0.1, 0.15) is 52.6 Å². The summed E-state index contributed by atoms with van der Waals surface area (Å²) in [6.45, 7) is 4.70. The SMILES string of the molecule is COc1ccc(OC)c(CC(=O)N2CCC(c3ncc(C(=O)N4CCCC4)c(C)n3)C2)c1. The van der Waals surface area contributed by atoms with Gasteiger partial charge in [-0.25, -0.2) is 9.97 Å². The normalized spacial score (nSPS) is 18.2. The molecule has 8 heteroatoms. The second kappa shape index (κ2) is 9.54. The Morgan fingerprint density at radius 2 is 1.88 bits per heavy atom. The third-order valence-electron chi connectivity index (χ3n) is 6.36. The van der Waals surface area contributed by atoms with Crippen molar-refractivity contribution >= 4 is 11.8 Å². The molecule has 4 rings (SSSR count). The molecule has 1 aromatic heterocycles. The molecule has 2 aromatic rings. The van der Waals surface area contributed by atoms with Gasteiger partial charge < -0.3 is 19.3 Å². The molecule has 2 saturated heterocycles. The first-order valence-electron chi connectivity index (χ1n) is 11.1. The van der Waals surface area contributed by atoms with Gasteiger partial charge in [-0.2, -0.15) is 0 Å². The van der Waals surface area contributed by atoms with Crippen molar-refractivity contribution in [1.29, 1.82) is 0 Å². The Morgan fingerprint density at radius 3 is 2.56 bits per heavy atom. The van der Waals surface area contributed by atoms with Crippen LogP contribution in [0, 0.1) is 6.92 Å². The summed E-state index contributed by atoms with van der Waals surface area (Å²) in [6, 6.07) is 5.47. The second-order valence-corrected chi connectivity index (χ2v) is 8.41. The third-order valence-corrected chi connectivity index (χ3v) is 6.36. The van der Waals surface area contributed by atoms with Gasteiger partial charge in [-0.05, 0) is 44.4 Å². The Balaban J connectivity index is 1.41. The molecule has 1 aromatic carbocycles. The number of carbonyl (C=O) groups is 2. The molecule has 2 amide bonds. The van der Waals surface area contributed by atoms with Crippen molar-refractivity contribution in [2.24, 2.45) is 0 Å². The molecule has 2 fully saturated rings. The number of aryl methyl sites for hydroxylation is 1. The van der Waals surface area contributed by atoms with Crippen LogP contribution in [-0.2, 0) is 11.2 Å². The van der Waals surface area contributed by atoms with Crippen molar-refractivity contribution in [2.45, 2.75) is 38.5 Å². The fourth-order valence-corrected chi connectivity index (χ4v) is 4.47. The van der Waals surface area contributed by atoms with Crippen LogP contribution in [0.5, 0.6) is 11.5 Å². The van der Waals surface area contributed by atoms with E-state index in [1.807, 2.05) is 34.9 Å². The second-order valence-electron chi connectivity index (χ2n) is 8.41. The average molecular weight is 439 g/mol. The summed E-state index contributed by atoms with van der Waals surface area (Å²) in [6.07, 6.45) is 4.81. The molecule has 3 heterocycles. The number of ether oxygens (including phenoxy) is 2. The molecular formula is C24H30N4O4. The van der Waals surface area contributed by atoms with Crippen LogP contribution in [0.2, 0.25) is 0 Å². The first-order chi connectivity index (χ1) is 15.5. The minimum Gasteiger partial charge on any atom is -0.497 e. The highest BCUT2D eigenvalue weighted by Gasteiger charge is 2.30. The lowest BCUT2D eigenvalue weighted by Crippen LogP contribution is -2.30. The number of amides is 2. The third kappa shape index (κ3) is 4.54. The molecule has 32 heavy (non-hydrogen) atoms. The lowest BCUT2D eigenvalue weighted by molar-refractivity contribution is -0.129. The van der Waals surface area contributed by atoms with Crippen molar-refractivity contribution < 1.29 is 19.1 Å². The molecule has 2 aliphatic heterocycles. The van der Waals surface area contributed by atoms with E-state index in [2.05, 4.69) is 9.97 Å². The topological polar surface area (TPSA) is 84.9 Å². The molecule has 0 bridgehead atoms. The predicted molar refractivity (Wildman–Crippen MR) is 119 cm³/mol. The molecule has 0 saturated carbocycles. The summed E-state index contributed by atoms with van der Waals surface area (Å²) in [5.41, 5.74) is 2.08.